The zero-order chi connectivity index (χ0) is 24.7. The highest BCUT2D eigenvalue weighted by Gasteiger charge is 2.35. The van der Waals surface area contributed by atoms with Crippen LogP contribution in [0.4, 0.5) is 0 Å². The Morgan fingerprint density at radius 2 is 1.94 bits per heavy atom. The number of methoxy groups -OCH3 is 2. The molecule has 0 atom stereocenters. The molecule has 0 N–H and O–H groups in total. The van der Waals surface area contributed by atoms with E-state index >= 15 is 0 Å². The fourth-order valence-corrected chi connectivity index (χ4v) is 4.90. The SMILES string of the molecule is COc1cccc(/C=C2\Oc3c4c(cc(C)c3C2=O)OCN(Cc2ccc(Cl)cc2Cl)C4)c1OC. The van der Waals surface area contributed by atoms with Crippen molar-refractivity contribution in [3.05, 3.63) is 86.1 Å². The lowest BCUT2D eigenvalue weighted by Gasteiger charge is -2.30. The number of rotatable bonds is 5. The van der Waals surface area contributed by atoms with Crippen molar-refractivity contribution in [2.45, 2.75) is 20.0 Å². The van der Waals surface area contributed by atoms with Crippen LogP contribution in [0.25, 0.3) is 6.08 Å². The van der Waals surface area contributed by atoms with Crippen LogP contribution in [0.1, 0.15) is 32.6 Å². The third kappa shape index (κ3) is 4.33. The number of para-hydroxylation sites is 1. The number of hydrogen-bond acceptors (Lipinski definition) is 6. The van der Waals surface area contributed by atoms with Crippen LogP contribution in [-0.4, -0.2) is 31.6 Å². The first-order valence-corrected chi connectivity index (χ1v) is 11.8. The fraction of sp³-hybridized carbons (Fsp3) is 0.222. The molecule has 0 aliphatic carbocycles. The summed E-state index contributed by atoms with van der Waals surface area (Å²) in [5.74, 6) is 2.40. The van der Waals surface area contributed by atoms with E-state index in [-0.39, 0.29) is 11.5 Å². The molecule has 0 unspecified atom stereocenters. The van der Waals surface area contributed by atoms with E-state index in [9.17, 15) is 4.79 Å². The lowest BCUT2D eigenvalue weighted by molar-refractivity contribution is 0.0872. The van der Waals surface area contributed by atoms with E-state index in [0.717, 1.165) is 16.7 Å². The smallest absolute Gasteiger partial charge is 0.232 e. The van der Waals surface area contributed by atoms with E-state index in [1.807, 2.05) is 37.3 Å². The van der Waals surface area contributed by atoms with Crippen LogP contribution in [0.2, 0.25) is 10.0 Å². The predicted octanol–water partition coefficient (Wildman–Crippen LogP) is 6.29. The molecule has 180 valence electrons. The maximum Gasteiger partial charge on any atom is 0.232 e. The van der Waals surface area contributed by atoms with E-state index in [2.05, 4.69) is 4.90 Å². The molecule has 2 heterocycles. The van der Waals surface area contributed by atoms with Gasteiger partial charge in [-0.3, -0.25) is 9.69 Å². The highest BCUT2D eigenvalue weighted by Crippen LogP contribution is 2.45. The van der Waals surface area contributed by atoms with Crippen LogP contribution in [0.15, 0.2) is 48.2 Å². The number of fused-ring (bicyclic) bond motifs is 3. The number of Topliss-reactive ketones (excluding diaryl/α,β-unsaturated/α-hetero) is 1. The predicted molar refractivity (Wildman–Crippen MR) is 135 cm³/mol. The van der Waals surface area contributed by atoms with Crippen LogP contribution < -0.4 is 18.9 Å². The first-order valence-electron chi connectivity index (χ1n) is 11.0. The van der Waals surface area contributed by atoms with Crippen molar-refractivity contribution in [1.29, 1.82) is 0 Å². The number of benzene rings is 3. The summed E-state index contributed by atoms with van der Waals surface area (Å²) >= 11 is 12.4. The van der Waals surface area contributed by atoms with E-state index in [4.69, 9.17) is 42.1 Å². The number of nitrogens with zero attached hydrogens (tertiary/aromatic N) is 1. The second-order valence-corrected chi connectivity index (χ2v) is 9.24. The van der Waals surface area contributed by atoms with Gasteiger partial charge in [0.15, 0.2) is 17.3 Å². The molecule has 8 heteroatoms. The van der Waals surface area contributed by atoms with Gasteiger partial charge in [0.1, 0.15) is 18.2 Å². The van der Waals surface area contributed by atoms with Gasteiger partial charge in [0.2, 0.25) is 5.78 Å². The number of ketones is 1. The van der Waals surface area contributed by atoms with Gasteiger partial charge >= 0.3 is 0 Å². The maximum absolute atomic E-state index is 13.4. The third-order valence-corrected chi connectivity index (χ3v) is 6.70. The Kier molecular flexibility index (Phi) is 6.36. The van der Waals surface area contributed by atoms with E-state index < -0.39 is 0 Å². The van der Waals surface area contributed by atoms with Gasteiger partial charge in [0, 0.05) is 28.7 Å². The minimum absolute atomic E-state index is 0.178. The highest BCUT2D eigenvalue weighted by atomic mass is 35.5. The Balaban J connectivity index is 1.48. The van der Waals surface area contributed by atoms with Crippen molar-refractivity contribution >= 4 is 35.1 Å². The van der Waals surface area contributed by atoms with Crippen molar-refractivity contribution in [2.75, 3.05) is 21.0 Å². The summed E-state index contributed by atoms with van der Waals surface area (Å²) in [7, 11) is 3.13. The second-order valence-electron chi connectivity index (χ2n) is 8.39. The van der Waals surface area contributed by atoms with Gasteiger partial charge in [-0.2, -0.15) is 0 Å². The van der Waals surface area contributed by atoms with Gasteiger partial charge < -0.3 is 18.9 Å². The fourth-order valence-electron chi connectivity index (χ4n) is 4.43. The molecular weight excluding hydrogens is 489 g/mol. The number of aryl methyl sites for hydroxylation is 1. The Bertz CT molecular complexity index is 1370. The summed E-state index contributed by atoms with van der Waals surface area (Å²) in [5, 5.41) is 1.19. The molecule has 0 saturated carbocycles. The number of hydrogen-bond donors (Lipinski definition) is 0. The van der Waals surface area contributed by atoms with Gasteiger partial charge in [-0.1, -0.05) is 41.4 Å². The Labute approximate surface area is 213 Å². The average Bonchev–Trinajstić information content (AvgIpc) is 3.17. The molecule has 0 fully saturated rings. The molecule has 0 radical (unpaired) electrons. The molecule has 0 spiro atoms. The number of carbonyl (C=O) groups is 1. The van der Waals surface area contributed by atoms with E-state index in [1.54, 1.807) is 32.4 Å². The van der Waals surface area contributed by atoms with E-state index in [0.29, 0.717) is 64.0 Å². The normalized spacial score (nSPS) is 15.9. The molecule has 0 amide bonds. The quantitative estimate of drug-likeness (QED) is 0.375. The summed E-state index contributed by atoms with van der Waals surface area (Å²) in [6.07, 6.45) is 1.68. The summed E-state index contributed by atoms with van der Waals surface area (Å²) in [4.78, 5) is 15.5. The average molecular weight is 512 g/mol. The minimum atomic E-state index is -0.178. The van der Waals surface area contributed by atoms with Crippen molar-refractivity contribution in [1.82, 2.24) is 4.90 Å². The van der Waals surface area contributed by atoms with Gasteiger partial charge in [-0.25, -0.2) is 0 Å². The molecule has 2 aliphatic rings. The number of allylic oxidation sites excluding steroid dienone is 1. The highest BCUT2D eigenvalue weighted by molar-refractivity contribution is 6.35. The molecule has 35 heavy (non-hydrogen) atoms. The van der Waals surface area contributed by atoms with Crippen LogP contribution in [0, 0.1) is 6.92 Å². The van der Waals surface area contributed by atoms with Gasteiger partial charge in [-0.05, 0) is 48.4 Å². The molecule has 0 saturated heterocycles. The van der Waals surface area contributed by atoms with Crippen LogP contribution >= 0.6 is 23.2 Å². The largest absolute Gasteiger partial charge is 0.493 e. The van der Waals surface area contributed by atoms with Crippen LogP contribution in [-0.2, 0) is 13.1 Å². The number of halogens is 2. The molecule has 0 bridgehead atoms. The Hall–Kier alpha value is -3.19. The summed E-state index contributed by atoms with van der Waals surface area (Å²) < 4.78 is 23.1. The monoisotopic (exact) mass is 511 g/mol. The topological polar surface area (TPSA) is 57.2 Å². The lowest BCUT2D eigenvalue weighted by Crippen LogP contribution is -2.32. The first-order chi connectivity index (χ1) is 16.9. The van der Waals surface area contributed by atoms with Crippen LogP contribution in [0.3, 0.4) is 0 Å². The van der Waals surface area contributed by atoms with Crippen molar-refractivity contribution in [2.24, 2.45) is 0 Å². The van der Waals surface area contributed by atoms with Gasteiger partial charge in [0.25, 0.3) is 0 Å². The van der Waals surface area contributed by atoms with Crippen LogP contribution in [0.5, 0.6) is 23.0 Å². The van der Waals surface area contributed by atoms with E-state index in [1.165, 1.54) is 0 Å². The van der Waals surface area contributed by atoms with Gasteiger partial charge in [0.05, 0.1) is 25.3 Å². The Morgan fingerprint density at radius 3 is 2.69 bits per heavy atom. The van der Waals surface area contributed by atoms with Crippen molar-refractivity contribution in [3.63, 3.8) is 0 Å². The molecule has 3 aromatic rings. The molecule has 0 aromatic heterocycles. The van der Waals surface area contributed by atoms with Crippen molar-refractivity contribution < 1.29 is 23.7 Å². The second kappa shape index (κ2) is 9.46. The Morgan fingerprint density at radius 1 is 1.11 bits per heavy atom. The maximum atomic E-state index is 13.4. The minimum Gasteiger partial charge on any atom is -0.493 e. The molecule has 2 aliphatic heterocycles. The standard InChI is InChI=1S/C27H23Cl2NO5/c1-15-9-22-19(13-30(14-34-22)12-17-7-8-18(28)11-20(17)29)27-24(15)25(31)23(35-27)10-16-5-4-6-21(32-2)26(16)33-3/h4-11H,12-14H2,1-3H3/b23-10-. The van der Waals surface area contributed by atoms with Crippen molar-refractivity contribution in [3.8, 4) is 23.0 Å². The number of carbonyl (C=O) groups excluding carboxylic acids is 1. The third-order valence-electron chi connectivity index (χ3n) is 6.12. The zero-order valence-corrected chi connectivity index (χ0v) is 21.0. The molecular formula is C27H23Cl2NO5. The zero-order valence-electron chi connectivity index (χ0n) is 19.5. The summed E-state index contributed by atoms with van der Waals surface area (Å²) in [5.41, 5.74) is 3.81. The summed E-state index contributed by atoms with van der Waals surface area (Å²) in [6, 6.07) is 12.8. The molecule has 3 aromatic carbocycles. The van der Waals surface area contributed by atoms with Gasteiger partial charge in [-0.15, -0.1) is 0 Å². The molecule has 5 rings (SSSR count). The first kappa shape index (κ1) is 23.5. The lowest BCUT2D eigenvalue weighted by atomic mass is 9.98. The molecule has 6 nitrogen and oxygen atoms in total. The number of ether oxygens (including phenoxy) is 4. The summed E-state index contributed by atoms with van der Waals surface area (Å²) in [6.45, 7) is 3.39.